The highest BCUT2D eigenvalue weighted by molar-refractivity contribution is 5.92. The van der Waals surface area contributed by atoms with Crippen LogP contribution in [0.1, 0.15) is 16.2 Å². The van der Waals surface area contributed by atoms with E-state index >= 15 is 0 Å². The van der Waals surface area contributed by atoms with Gasteiger partial charge in [0.2, 0.25) is 5.95 Å². The fourth-order valence-corrected chi connectivity index (χ4v) is 2.74. The second-order valence-corrected chi connectivity index (χ2v) is 5.89. The molecule has 0 bridgehead atoms. The van der Waals surface area contributed by atoms with Crippen LogP contribution in [-0.2, 0) is 4.74 Å². The van der Waals surface area contributed by atoms with Crippen LogP contribution in [0.25, 0.3) is 0 Å². The molecular formula is C15H23N5O2. The van der Waals surface area contributed by atoms with Crippen molar-refractivity contribution in [2.45, 2.75) is 6.92 Å². The Balaban J connectivity index is 1.78. The van der Waals surface area contributed by atoms with Gasteiger partial charge in [-0.1, -0.05) is 0 Å². The van der Waals surface area contributed by atoms with Crippen LogP contribution in [0.4, 0.5) is 5.95 Å². The van der Waals surface area contributed by atoms with Crippen LogP contribution in [0, 0.1) is 6.92 Å². The van der Waals surface area contributed by atoms with E-state index in [0.29, 0.717) is 24.9 Å². The third-order valence-corrected chi connectivity index (χ3v) is 4.15. The highest BCUT2D eigenvalue weighted by Crippen LogP contribution is 2.14. The van der Waals surface area contributed by atoms with E-state index in [4.69, 9.17) is 4.74 Å². The fourth-order valence-electron chi connectivity index (χ4n) is 2.74. The first-order valence-electron chi connectivity index (χ1n) is 7.80. The Hall–Kier alpha value is -1.73. The number of aromatic nitrogens is 2. The number of rotatable bonds is 2. The van der Waals surface area contributed by atoms with Gasteiger partial charge in [0.1, 0.15) is 5.69 Å². The quantitative estimate of drug-likeness (QED) is 0.767. The van der Waals surface area contributed by atoms with Crippen LogP contribution in [-0.4, -0.2) is 85.2 Å². The molecule has 3 heterocycles. The number of nitrogens with zero attached hydrogens (tertiary/aromatic N) is 5. The van der Waals surface area contributed by atoms with Crippen molar-refractivity contribution in [3.8, 4) is 0 Å². The lowest BCUT2D eigenvalue weighted by molar-refractivity contribution is 0.0658. The van der Waals surface area contributed by atoms with E-state index in [0.717, 1.165) is 45.0 Å². The van der Waals surface area contributed by atoms with Gasteiger partial charge in [-0.05, 0) is 20.0 Å². The smallest absolute Gasteiger partial charge is 0.272 e. The average molecular weight is 305 g/mol. The van der Waals surface area contributed by atoms with Crippen LogP contribution in [0.2, 0.25) is 0 Å². The second-order valence-electron chi connectivity index (χ2n) is 5.89. The molecule has 3 rings (SSSR count). The summed E-state index contributed by atoms with van der Waals surface area (Å²) in [6.07, 6.45) is 0. The number of anilines is 1. The first-order valence-corrected chi connectivity index (χ1v) is 7.80. The van der Waals surface area contributed by atoms with Gasteiger partial charge in [-0.3, -0.25) is 4.79 Å². The molecule has 2 fully saturated rings. The molecule has 1 aromatic rings. The third-order valence-electron chi connectivity index (χ3n) is 4.15. The molecule has 0 spiro atoms. The number of piperazine rings is 1. The lowest BCUT2D eigenvalue weighted by Crippen LogP contribution is -2.47. The van der Waals surface area contributed by atoms with E-state index in [1.807, 2.05) is 11.8 Å². The fraction of sp³-hybridized carbons (Fsp3) is 0.667. The maximum atomic E-state index is 12.7. The van der Waals surface area contributed by atoms with Crippen molar-refractivity contribution in [1.82, 2.24) is 19.8 Å². The molecule has 0 aliphatic carbocycles. The zero-order valence-corrected chi connectivity index (χ0v) is 13.3. The standard InChI is InChI=1S/C15H23N5O2/c1-12-11-13(14(21)19-5-3-18(2)4-6-19)17-15(16-12)20-7-9-22-10-8-20/h11H,3-10H2,1-2H3. The van der Waals surface area contributed by atoms with Crippen LogP contribution < -0.4 is 4.90 Å². The van der Waals surface area contributed by atoms with Crippen molar-refractivity contribution < 1.29 is 9.53 Å². The minimum Gasteiger partial charge on any atom is -0.378 e. The largest absolute Gasteiger partial charge is 0.378 e. The third kappa shape index (κ3) is 3.36. The average Bonchev–Trinajstić information content (AvgIpc) is 2.55. The topological polar surface area (TPSA) is 61.8 Å². The maximum Gasteiger partial charge on any atom is 0.272 e. The summed E-state index contributed by atoms with van der Waals surface area (Å²) in [5.41, 5.74) is 1.33. The molecule has 0 aromatic carbocycles. The number of morpholine rings is 1. The SMILES string of the molecule is Cc1cc(C(=O)N2CCN(C)CC2)nc(N2CCOCC2)n1. The van der Waals surface area contributed by atoms with E-state index in [2.05, 4.69) is 26.8 Å². The van der Waals surface area contributed by atoms with Gasteiger partial charge >= 0.3 is 0 Å². The molecular weight excluding hydrogens is 282 g/mol. The first-order chi connectivity index (χ1) is 10.6. The lowest BCUT2D eigenvalue weighted by Gasteiger charge is -2.32. The Morgan fingerprint density at radius 2 is 1.77 bits per heavy atom. The summed E-state index contributed by atoms with van der Waals surface area (Å²) < 4.78 is 5.36. The van der Waals surface area contributed by atoms with E-state index < -0.39 is 0 Å². The second kappa shape index (κ2) is 6.58. The van der Waals surface area contributed by atoms with Crippen molar-refractivity contribution in [1.29, 1.82) is 0 Å². The highest BCUT2D eigenvalue weighted by Gasteiger charge is 2.23. The zero-order valence-electron chi connectivity index (χ0n) is 13.3. The minimum absolute atomic E-state index is 0.00751. The predicted octanol–water partition coefficient (Wildman–Crippen LogP) is 0.00922. The highest BCUT2D eigenvalue weighted by atomic mass is 16.5. The molecule has 7 nitrogen and oxygen atoms in total. The Morgan fingerprint density at radius 3 is 2.45 bits per heavy atom. The number of likely N-dealkylation sites (N-methyl/N-ethyl adjacent to an activating group) is 1. The molecule has 0 radical (unpaired) electrons. The number of aryl methyl sites for hydroxylation is 1. The molecule has 7 heteroatoms. The van der Waals surface area contributed by atoms with Crippen molar-refractivity contribution >= 4 is 11.9 Å². The van der Waals surface area contributed by atoms with Crippen molar-refractivity contribution in [3.63, 3.8) is 0 Å². The molecule has 2 aliphatic rings. The molecule has 1 aromatic heterocycles. The Morgan fingerprint density at radius 1 is 1.09 bits per heavy atom. The number of ether oxygens (including phenoxy) is 1. The van der Waals surface area contributed by atoms with E-state index in [1.54, 1.807) is 6.07 Å². The summed E-state index contributed by atoms with van der Waals surface area (Å²) in [5, 5.41) is 0. The maximum absolute atomic E-state index is 12.7. The van der Waals surface area contributed by atoms with E-state index in [-0.39, 0.29) is 5.91 Å². The Bertz CT molecular complexity index is 537. The van der Waals surface area contributed by atoms with Crippen LogP contribution >= 0.6 is 0 Å². The summed E-state index contributed by atoms with van der Waals surface area (Å²) in [6.45, 7) is 8.14. The molecule has 1 amide bonds. The Kier molecular flexibility index (Phi) is 4.54. The van der Waals surface area contributed by atoms with Gasteiger partial charge < -0.3 is 19.4 Å². The molecule has 120 valence electrons. The number of carbonyl (C=O) groups excluding carboxylic acids is 1. The summed E-state index contributed by atoms with van der Waals surface area (Å²) in [5.74, 6) is 0.647. The van der Waals surface area contributed by atoms with Gasteiger partial charge in [0, 0.05) is 45.0 Å². The number of carbonyl (C=O) groups is 1. The van der Waals surface area contributed by atoms with Gasteiger partial charge in [0.25, 0.3) is 5.91 Å². The minimum atomic E-state index is 0.00751. The van der Waals surface area contributed by atoms with E-state index in [9.17, 15) is 4.79 Å². The summed E-state index contributed by atoms with van der Waals surface area (Å²) in [6, 6.07) is 1.78. The lowest BCUT2D eigenvalue weighted by atomic mass is 10.2. The van der Waals surface area contributed by atoms with Gasteiger partial charge in [0.05, 0.1) is 13.2 Å². The van der Waals surface area contributed by atoms with Crippen molar-refractivity contribution in [2.24, 2.45) is 0 Å². The van der Waals surface area contributed by atoms with Gasteiger partial charge in [-0.2, -0.15) is 0 Å². The van der Waals surface area contributed by atoms with Crippen LogP contribution in [0.3, 0.4) is 0 Å². The van der Waals surface area contributed by atoms with Crippen molar-refractivity contribution in [2.75, 3.05) is 64.4 Å². The molecule has 0 atom stereocenters. The monoisotopic (exact) mass is 305 g/mol. The number of amides is 1. The van der Waals surface area contributed by atoms with E-state index in [1.165, 1.54) is 0 Å². The van der Waals surface area contributed by atoms with Gasteiger partial charge in [-0.15, -0.1) is 0 Å². The normalized spacial score (nSPS) is 20.3. The van der Waals surface area contributed by atoms with Gasteiger partial charge in [-0.25, -0.2) is 9.97 Å². The Labute approximate surface area is 130 Å². The predicted molar refractivity (Wildman–Crippen MR) is 83.2 cm³/mol. The van der Waals surface area contributed by atoms with Crippen molar-refractivity contribution in [3.05, 3.63) is 17.5 Å². The molecule has 0 saturated carbocycles. The molecule has 0 unspecified atom stereocenters. The summed E-state index contributed by atoms with van der Waals surface area (Å²) in [7, 11) is 2.08. The number of hydrogen-bond donors (Lipinski definition) is 0. The first kappa shape index (κ1) is 15.2. The van der Waals surface area contributed by atoms with Gasteiger partial charge in [0.15, 0.2) is 0 Å². The summed E-state index contributed by atoms with van der Waals surface area (Å²) >= 11 is 0. The molecule has 0 N–H and O–H groups in total. The van der Waals surface area contributed by atoms with Crippen LogP contribution in [0.15, 0.2) is 6.07 Å². The van der Waals surface area contributed by atoms with Crippen LogP contribution in [0.5, 0.6) is 0 Å². The zero-order chi connectivity index (χ0) is 15.5. The molecule has 22 heavy (non-hydrogen) atoms. The number of hydrogen-bond acceptors (Lipinski definition) is 6. The molecule has 2 saturated heterocycles. The molecule has 2 aliphatic heterocycles. The summed E-state index contributed by atoms with van der Waals surface area (Å²) in [4.78, 5) is 27.8.